The second-order valence-corrected chi connectivity index (χ2v) is 5.47. The van der Waals surface area contributed by atoms with Crippen LogP contribution >= 0.6 is 0 Å². The van der Waals surface area contributed by atoms with E-state index < -0.39 is 0 Å². The fourth-order valence-corrected chi connectivity index (χ4v) is 2.59. The molecule has 0 aliphatic carbocycles. The summed E-state index contributed by atoms with van der Waals surface area (Å²) in [4.78, 5) is 0. The molecule has 0 saturated heterocycles. The van der Waals surface area contributed by atoms with Crippen LogP contribution in [0.25, 0.3) is 0 Å². The van der Waals surface area contributed by atoms with E-state index in [1.807, 2.05) is 19.2 Å². The van der Waals surface area contributed by atoms with E-state index in [9.17, 15) is 4.39 Å². The van der Waals surface area contributed by atoms with Crippen LogP contribution in [0.4, 0.5) is 4.39 Å². The van der Waals surface area contributed by atoms with Crippen LogP contribution in [0.2, 0.25) is 0 Å². The lowest BCUT2D eigenvalue weighted by Crippen LogP contribution is -2.30. The molecular weight excluding hydrogens is 237 g/mol. The highest BCUT2D eigenvalue weighted by molar-refractivity contribution is 5.17. The summed E-state index contributed by atoms with van der Waals surface area (Å²) < 4.78 is 12.9. The highest BCUT2D eigenvalue weighted by Crippen LogP contribution is 2.20. The molecule has 1 aromatic carbocycles. The van der Waals surface area contributed by atoms with Crippen molar-refractivity contribution >= 4 is 0 Å². The largest absolute Gasteiger partial charge is 0.317 e. The second-order valence-electron chi connectivity index (χ2n) is 5.47. The third-order valence-electron chi connectivity index (χ3n) is 3.96. The van der Waals surface area contributed by atoms with Crippen LogP contribution in [0.5, 0.6) is 0 Å². The van der Waals surface area contributed by atoms with E-state index in [1.54, 1.807) is 12.1 Å². The first-order valence-corrected chi connectivity index (χ1v) is 7.61. The summed E-state index contributed by atoms with van der Waals surface area (Å²) in [7, 11) is 2.03. The topological polar surface area (TPSA) is 12.0 Å². The molecule has 2 unspecified atom stereocenters. The van der Waals surface area contributed by atoms with Crippen molar-refractivity contribution < 1.29 is 4.39 Å². The zero-order chi connectivity index (χ0) is 14.1. The molecule has 0 aromatic heterocycles. The van der Waals surface area contributed by atoms with E-state index in [0.29, 0.717) is 6.04 Å². The highest BCUT2D eigenvalue weighted by Gasteiger charge is 2.14. The second kappa shape index (κ2) is 9.08. The van der Waals surface area contributed by atoms with Gasteiger partial charge >= 0.3 is 0 Å². The van der Waals surface area contributed by atoms with E-state index in [4.69, 9.17) is 0 Å². The van der Waals surface area contributed by atoms with Gasteiger partial charge < -0.3 is 5.32 Å². The molecule has 1 N–H and O–H groups in total. The van der Waals surface area contributed by atoms with Crippen LogP contribution in [0, 0.1) is 11.7 Å². The van der Waals surface area contributed by atoms with Crippen molar-refractivity contribution in [2.24, 2.45) is 5.92 Å². The van der Waals surface area contributed by atoms with Crippen LogP contribution < -0.4 is 5.32 Å². The van der Waals surface area contributed by atoms with E-state index in [0.717, 1.165) is 12.3 Å². The van der Waals surface area contributed by atoms with Crippen molar-refractivity contribution in [3.63, 3.8) is 0 Å². The summed E-state index contributed by atoms with van der Waals surface area (Å²) in [6.45, 7) is 4.53. The van der Waals surface area contributed by atoms with Gasteiger partial charge in [0.1, 0.15) is 5.82 Å². The van der Waals surface area contributed by atoms with Crippen molar-refractivity contribution in [2.45, 2.75) is 58.4 Å². The van der Waals surface area contributed by atoms with Crippen molar-refractivity contribution in [3.05, 3.63) is 35.6 Å². The molecule has 108 valence electrons. The lowest BCUT2D eigenvalue weighted by atomic mass is 9.89. The summed E-state index contributed by atoms with van der Waals surface area (Å²) >= 11 is 0. The minimum atomic E-state index is -0.154. The maximum atomic E-state index is 12.9. The number of hydrogen-bond donors (Lipinski definition) is 1. The Morgan fingerprint density at radius 3 is 2.37 bits per heavy atom. The summed E-state index contributed by atoms with van der Waals surface area (Å²) in [5.41, 5.74) is 1.21. The number of unbranched alkanes of at least 4 members (excludes halogenated alkanes) is 1. The first kappa shape index (κ1) is 16.2. The van der Waals surface area contributed by atoms with E-state index in [1.165, 1.54) is 37.7 Å². The molecule has 0 spiro atoms. The van der Waals surface area contributed by atoms with E-state index in [2.05, 4.69) is 19.2 Å². The van der Waals surface area contributed by atoms with Gasteiger partial charge in [-0.1, -0.05) is 51.7 Å². The predicted octanol–water partition coefficient (Wildman–Crippen LogP) is 4.56. The van der Waals surface area contributed by atoms with Crippen LogP contribution in [-0.4, -0.2) is 13.1 Å². The Hall–Kier alpha value is -0.890. The molecule has 0 radical (unpaired) electrons. The van der Waals surface area contributed by atoms with Crippen molar-refractivity contribution in [2.75, 3.05) is 7.05 Å². The number of hydrogen-bond acceptors (Lipinski definition) is 1. The molecule has 0 amide bonds. The zero-order valence-electron chi connectivity index (χ0n) is 12.6. The Morgan fingerprint density at radius 2 is 1.84 bits per heavy atom. The number of likely N-dealkylation sites (N-methyl/N-ethyl adjacent to an activating group) is 1. The lowest BCUT2D eigenvalue weighted by Gasteiger charge is -2.22. The van der Waals surface area contributed by atoms with Crippen LogP contribution in [0.15, 0.2) is 24.3 Å². The molecule has 0 aliphatic rings. The Kier molecular flexibility index (Phi) is 7.73. The van der Waals surface area contributed by atoms with Crippen molar-refractivity contribution in [3.8, 4) is 0 Å². The number of halogens is 1. The molecule has 0 heterocycles. The van der Waals surface area contributed by atoms with Gasteiger partial charge in [0.05, 0.1) is 0 Å². The fourth-order valence-electron chi connectivity index (χ4n) is 2.59. The predicted molar refractivity (Wildman–Crippen MR) is 80.9 cm³/mol. The van der Waals surface area contributed by atoms with Crippen LogP contribution in [0.1, 0.15) is 51.5 Å². The quantitative estimate of drug-likeness (QED) is 0.690. The van der Waals surface area contributed by atoms with Gasteiger partial charge in [0.2, 0.25) is 0 Å². The van der Waals surface area contributed by atoms with Gasteiger partial charge in [-0.25, -0.2) is 4.39 Å². The molecule has 0 bridgehead atoms. The Balaban J connectivity index is 2.49. The van der Waals surface area contributed by atoms with E-state index in [-0.39, 0.29) is 5.82 Å². The summed E-state index contributed by atoms with van der Waals surface area (Å²) in [5.74, 6) is 0.650. The normalized spacial score (nSPS) is 14.3. The van der Waals surface area contributed by atoms with Gasteiger partial charge in [-0.05, 0) is 43.5 Å². The Bertz CT molecular complexity index is 334. The molecule has 0 aliphatic heterocycles. The minimum absolute atomic E-state index is 0.154. The van der Waals surface area contributed by atoms with Gasteiger partial charge in [-0.2, -0.15) is 0 Å². The molecule has 1 aromatic rings. The summed E-state index contributed by atoms with van der Waals surface area (Å²) in [6.07, 6.45) is 7.38. The molecule has 1 rings (SSSR count). The van der Waals surface area contributed by atoms with Crippen LogP contribution in [0.3, 0.4) is 0 Å². The molecule has 19 heavy (non-hydrogen) atoms. The molecule has 1 nitrogen and oxygen atoms in total. The SMILES string of the molecule is CCCCC(CC)CC(Cc1ccc(F)cc1)NC. The van der Waals surface area contributed by atoms with Crippen molar-refractivity contribution in [1.29, 1.82) is 0 Å². The summed E-state index contributed by atoms with van der Waals surface area (Å²) in [5, 5.41) is 3.41. The number of rotatable bonds is 9. The molecule has 2 heteroatoms. The monoisotopic (exact) mass is 265 g/mol. The van der Waals surface area contributed by atoms with Gasteiger partial charge in [0.25, 0.3) is 0 Å². The first-order valence-electron chi connectivity index (χ1n) is 7.61. The fraction of sp³-hybridized carbons (Fsp3) is 0.647. The van der Waals surface area contributed by atoms with Gasteiger partial charge in [-0.15, -0.1) is 0 Å². The van der Waals surface area contributed by atoms with Gasteiger partial charge in [-0.3, -0.25) is 0 Å². The third kappa shape index (κ3) is 6.20. The highest BCUT2D eigenvalue weighted by atomic mass is 19.1. The third-order valence-corrected chi connectivity index (χ3v) is 3.96. The first-order chi connectivity index (χ1) is 9.19. The maximum absolute atomic E-state index is 12.9. The average molecular weight is 265 g/mol. The van der Waals surface area contributed by atoms with Crippen molar-refractivity contribution in [1.82, 2.24) is 5.32 Å². The standard InChI is InChI=1S/C17H28FN/c1-4-6-7-14(5-2)12-17(19-3)13-15-8-10-16(18)11-9-15/h8-11,14,17,19H,4-7,12-13H2,1-3H3. The molecular formula is C17H28FN. The zero-order valence-corrected chi connectivity index (χ0v) is 12.6. The maximum Gasteiger partial charge on any atom is 0.123 e. The average Bonchev–Trinajstić information content (AvgIpc) is 2.44. The minimum Gasteiger partial charge on any atom is -0.317 e. The van der Waals surface area contributed by atoms with Gasteiger partial charge in [0.15, 0.2) is 0 Å². The van der Waals surface area contributed by atoms with Crippen LogP contribution in [-0.2, 0) is 6.42 Å². The number of nitrogens with one attached hydrogen (secondary N) is 1. The Labute approximate surface area is 117 Å². The molecule has 2 atom stereocenters. The molecule has 0 fully saturated rings. The van der Waals surface area contributed by atoms with Gasteiger partial charge in [0, 0.05) is 6.04 Å². The van der Waals surface area contributed by atoms with E-state index >= 15 is 0 Å². The smallest absolute Gasteiger partial charge is 0.123 e. The number of benzene rings is 1. The molecule has 0 saturated carbocycles. The summed E-state index contributed by atoms with van der Waals surface area (Å²) in [6, 6.07) is 7.39. The lowest BCUT2D eigenvalue weighted by molar-refractivity contribution is 0.358. The Morgan fingerprint density at radius 1 is 1.16 bits per heavy atom.